The Morgan fingerprint density at radius 1 is 1.27 bits per heavy atom. The van der Waals surface area contributed by atoms with E-state index in [1.807, 2.05) is 26.0 Å². The second-order valence-corrected chi connectivity index (χ2v) is 9.70. The molecular weight excluding hydrogens is 574 g/mol. The molecule has 2 aromatic carbocycles. The van der Waals surface area contributed by atoms with Crippen molar-refractivity contribution < 1.29 is 9.47 Å². The molecule has 0 amide bonds. The summed E-state index contributed by atoms with van der Waals surface area (Å²) < 4.78 is 14.2. The first kappa shape index (κ1) is 25.7. The van der Waals surface area contributed by atoms with Gasteiger partial charge in [0.1, 0.15) is 10.8 Å². The monoisotopic (exact) mass is 597 g/mol. The van der Waals surface area contributed by atoms with E-state index in [1.165, 1.54) is 4.68 Å². The van der Waals surface area contributed by atoms with E-state index in [2.05, 4.69) is 43.9 Å². The number of aryl methyl sites for hydroxylation is 1. The zero-order valence-electron chi connectivity index (χ0n) is 19.0. The smallest absolute Gasteiger partial charge is 0.282 e. The fourth-order valence-electron chi connectivity index (χ4n) is 3.18. The SMILES string of the molecule is CCCCc1nc2ccc(Br)cc2c(=O)n1N=Cc1cc(OC)c(O[C@H](C)CC)c(Cl)c1Br. The van der Waals surface area contributed by atoms with Crippen LogP contribution in [0.5, 0.6) is 11.5 Å². The molecule has 1 heterocycles. The molecule has 0 aliphatic heterocycles. The number of rotatable bonds is 9. The van der Waals surface area contributed by atoms with Crippen molar-refractivity contribution in [3.63, 3.8) is 0 Å². The molecule has 33 heavy (non-hydrogen) atoms. The van der Waals surface area contributed by atoms with Crippen molar-refractivity contribution in [2.24, 2.45) is 5.10 Å². The highest BCUT2D eigenvalue weighted by molar-refractivity contribution is 9.10. The molecule has 0 fully saturated rings. The van der Waals surface area contributed by atoms with E-state index in [-0.39, 0.29) is 11.7 Å². The van der Waals surface area contributed by atoms with Gasteiger partial charge in [-0.05, 0) is 60.0 Å². The topological polar surface area (TPSA) is 65.7 Å². The van der Waals surface area contributed by atoms with Gasteiger partial charge in [-0.25, -0.2) is 4.98 Å². The van der Waals surface area contributed by atoms with Gasteiger partial charge < -0.3 is 9.47 Å². The first-order valence-electron chi connectivity index (χ1n) is 10.8. The second-order valence-electron chi connectivity index (χ2n) is 7.62. The lowest BCUT2D eigenvalue weighted by Crippen LogP contribution is -2.22. The molecule has 176 valence electrons. The van der Waals surface area contributed by atoms with Gasteiger partial charge in [-0.3, -0.25) is 4.79 Å². The minimum atomic E-state index is -0.227. The number of halogens is 3. The molecule has 9 heteroatoms. The average Bonchev–Trinajstić information content (AvgIpc) is 2.81. The molecule has 1 atom stereocenters. The zero-order chi connectivity index (χ0) is 24.1. The number of hydrogen-bond donors (Lipinski definition) is 0. The van der Waals surface area contributed by atoms with Crippen LogP contribution < -0.4 is 15.0 Å². The zero-order valence-corrected chi connectivity index (χ0v) is 22.9. The maximum Gasteiger partial charge on any atom is 0.282 e. The van der Waals surface area contributed by atoms with Crippen molar-refractivity contribution >= 4 is 60.6 Å². The Labute approximate surface area is 215 Å². The molecule has 1 aromatic heterocycles. The third-order valence-corrected chi connectivity index (χ3v) is 7.15. The Balaban J connectivity index is 2.12. The van der Waals surface area contributed by atoms with Gasteiger partial charge in [-0.15, -0.1) is 0 Å². The summed E-state index contributed by atoms with van der Waals surface area (Å²) >= 11 is 13.6. The summed E-state index contributed by atoms with van der Waals surface area (Å²) in [6, 6.07) is 7.25. The quantitative estimate of drug-likeness (QED) is 0.249. The number of benzene rings is 2. The Morgan fingerprint density at radius 3 is 2.70 bits per heavy atom. The highest BCUT2D eigenvalue weighted by Crippen LogP contribution is 2.42. The summed E-state index contributed by atoms with van der Waals surface area (Å²) in [4.78, 5) is 18.0. The number of unbranched alkanes of at least 4 members (excludes halogenated alkanes) is 1. The Morgan fingerprint density at radius 2 is 2.03 bits per heavy atom. The lowest BCUT2D eigenvalue weighted by atomic mass is 10.2. The molecule has 0 saturated heterocycles. The van der Waals surface area contributed by atoms with E-state index >= 15 is 0 Å². The molecule has 0 radical (unpaired) electrons. The Bertz CT molecular complexity index is 1240. The molecule has 3 aromatic rings. The molecule has 0 bridgehead atoms. The van der Waals surface area contributed by atoms with Crippen molar-refractivity contribution in [2.75, 3.05) is 7.11 Å². The number of fused-ring (bicyclic) bond motifs is 1. The number of hydrogen-bond acceptors (Lipinski definition) is 5. The van der Waals surface area contributed by atoms with Gasteiger partial charge in [-0.2, -0.15) is 9.78 Å². The van der Waals surface area contributed by atoms with Crippen molar-refractivity contribution in [1.82, 2.24) is 9.66 Å². The molecule has 0 spiro atoms. The van der Waals surface area contributed by atoms with Crippen molar-refractivity contribution in [1.29, 1.82) is 0 Å². The van der Waals surface area contributed by atoms with E-state index in [4.69, 9.17) is 26.1 Å². The normalized spacial score (nSPS) is 12.5. The highest BCUT2D eigenvalue weighted by Gasteiger charge is 2.19. The number of aromatic nitrogens is 2. The number of nitrogens with zero attached hydrogens (tertiary/aromatic N) is 3. The van der Waals surface area contributed by atoms with Crippen LogP contribution in [0.15, 0.2) is 43.1 Å². The fourth-order valence-corrected chi connectivity index (χ4v) is 4.18. The molecule has 0 N–H and O–H groups in total. The summed E-state index contributed by atoms with van der Waals surface area (Å²) in [5.74, 6) is 1.57. The maximum atomic E-state index is 13.3. The van der Waals surface area contributed by atoms with Crippen molar-refractivity contribution in [3.8, 4) is 11.5 Å². The highest BCUT2D eigenvalue weighted by atomic mass is 79.9. The number of ether oxygens (including phenoxy) is 2. The molecule has 0 saturated carbocycles. The van der Waals surface area contributed by atoms with Gasteiger partial charge in [0.15, 0.2) is 11.5 Å². The maximum absolute atomic E-state index is 13.3. The van der Waals surface area contributed by atoms with E-state index in [0.717, 1.165) is 23.7 Å². The van der Waals surface area contributed by atoms with Gasteiger partial charge in [-0.1, -0.05) is 47.8 Å². The summed E-state index contributed by atoms with van der Waals surface area (Å²) in [5, 5.41) is 5.39. The van der Waals surface area contributed by atoms with E-state index < -0.39 is 0 Å². The van der Waals surface area contributed by atoms with Crippen molar-refractivity contribution in [2.45, 2.75) is 52.6 Å². The van der Waals surface area contributed by atoms with Gasteiger partial charge >= 0.3 is 0 Å². The molecule has 3 rings (SSSR count). The minimum absolute atomic E-state index is 0.0227. The van der Waals surface area contributed by atoms with Crippen LogP contribution in [0.3, 0.4) is 0 Å². The molecule has 0 aliphatic rings. The van der Waals surface area contributed by atoms with E-state index in [1.54, 1.807) is 25.5 Å². The Hall–Kier alpha value is -1.90. The predicted octanol–water partition coefficient (Wildman–Crippen LogP) is 6.99. The first-order valence-corrected chi connectivity index (χ1v) is 12.7. The molecule has 0 unspecified atom stereocenters. The van der Waals surface area contributed by atoms with Gasteiger partial charge in [0.2, 0.25) is 0 Å². The average molecular weight is 600 g/mol. The van der Waals surface area contributed by atoms with Gasteiger partial charge in [0.25, 0.3) is 5.56 Å². The van der Waals surface area contributed by atoms with Crippen LogP contribution in [0.2, 0.25) is 5.02 Å². The van der Waals surface area contributed by atoms with Crippen LogP contribution in [0.25, 0.3) is 10.9 Å². The predicted molar refractivity (Wildman–Crippen MR) is 141 cm³/mol. The summed E-state index contributed by atoms with van der Waals surface area (Å²) in [7, 11) is 1.56. The van der Waals surface area contributed by atoms with Crippen LogP contribution in [-0.2, 0) is 6.42 Å². The molecular formula is C24H26Br2ClN3O3. The van der Waals surface area contributed by atoms with E-state index in [9.17, 15) is 4.79 Å². The van der Waals surface area contributed by atoms with Crippen molar-refractivity contribution in [3.05, 3.63) is 60.0 Å². The lowest BCUT2D eigenvalue weighted by Gasteiger charge is -2.18. The van der Waals surface area contributed by atoms with Crippen LogP contribution in [0.4, 0.5) is 0 Å². The Kier molecular flexibility index (Phi) is 8.95. The van der Waals surface area contributed by atoms with E-state index in [0.29, 0.717) is 49.7 Å². The fraction of sp³-hybridized carbons (Fsp3) is 0.375. The molecule has 6 nitrogen and oxygen atoms in total. The van der Waals surface area contributed by atoms with Crippen LogP contribution in [0, 0.1) is 0 Å². The second kappa shape index (κ2) is 11.5. The standard InChI is InChI=1S/C24H26Br2ClN3O3/c1-5-7-8-20-29-18-10-9-16(25)12-17(18)24(31)30(20)28-13-15-11-19(32-4)23(22(27)21(15)26)33-14(3)6-2/h9-14H,5-8H2,1-4H3/t14-/m1/s1. The van der Waals surface area contributed by atoms with Gasteiger partial charge in [0, 0.05) is 20.9 Å². The molecule has 0 aliphatic carbocycles. The van der Waals surface area contributed by atoms with Gasteiger partial charge in [0.05, 0.1) is 30.3 Å². The van der Waals surface area contributed by atoms with Crippen LogP contribution >= 0.6 is 43.5 Å². The minimum Gasteiger partial charge on any atom is -0.493 e. The van der Waals surface area contributed by atoms with Crippen LogP contribution in [0.1, 0.15) is 51.4 Å². The third-order valence-electron chi connectivity index (χ3n) is 5.21. The summed E-state index contributed by atoms with van der Waals surface area (Å²) in [6.45, 7) is 6.10. The summed E-state index contributed by atoms with van der Waals surface area (Å²) in [6.07, 6.45) is 4.90. The number of methoxy groups -OCH3 is 1. The largest absolute Gasteiger partial charge is 0.493 e. The van der Waals surface area contributed by atoms with Crippen LogP contribution in [-0.4, -0.2) is 29.1 Å². The third kappa shape index (κ3) is 5.78. The lowest BCUT2D eigenvalue weighted by molar-refractivity contribution is 0.207. The summed E-state index contributed by atoms with van der Waals surface area (Å²) in [5.41, 5.74) is 1.07. The first-order chi connectivity index (χ1) is 15.8.